The van der Waals surface area contributed by atoms with Crippen molar-refractivity contribution in [3.63, 3.8) is 0 Å². The van der Waals surface area contributed by atoms with Gasteiger partial charge in [0.2, 0.25) is 0 Å². The minimum Gasteiger partial charge on any atom is -0.482 e. The molecule has 1 aromatic carbocycles. The number of nitrogens with one attached hydrogen (secondary N) is 1. The number of nitrogens with zero attached hydrogens (tertiary/aromatic N) is 3. The number of aromatic nitrogens is 3. The van der Waals surface area contributed by atoms with Gasteiger partial charge in [0.05, 0.1) is 30.1 Å². The predicted octanol–water partition coefficient (Wildman–Crippen LogP) is 3.88. The first-order chi connectivity index (χ1) is 13.2. The lowest BCUT2D eigenvalue weighted by Gasteiger charge is -2.19. The van der Waals surface area contributed by atoms with Crippen LogP contribution in [0, 0.1) is 6.92 Å². The average molecular weight is 366 g/mol. The lowest BCUT2D eigenvalue weighted by molar-refractivity contribution is 0.265. The molecule has 2 aromatic heterocycles. The second-order valence-corrected chi connectivity index (χ2v) is 6.58. The number of rotatable bonds is 9. The highest BCUT2D eigenvalue weighted by Gasteiger charge is 2.13. The van der Waals surface area contributed by atoms with Crippen LogP contribution in [-0.2, 0) is 6.61 Å². The van der Waals surface area contributed by atoms with E-state index >= 15 is 0 Å². The first kappa shape index (κ1) is 19.0. The number of fused-ring (bicyclic) bond motifs is 1. The van der Waals surface area contributed by atoms with Crippen molar-refractivity contribution in [2.24, 2.45) is 0 Å². The minimum absolute atomic E-state index is 0.0503. The van der Waals surface area contributed by atoms with Crippen LogP contribution in [0.1, 0.15) is 37.7 Å². The summed E-state index contributed by atoms with van der Waals surface area (Å²) in [6, 6.07) is 11.9. The van der Waals surface area contributed by atoms with E-state index in [0.29, 0.717) is 24.0 Å². The van der Waals surface area contributed by atoms with Gasteiger partial charge < -0.3 is 15.2 Å². The molecular weight excluding hydrogens is 340 g/mol. The summed E-state index contributed by atoms with van der Waals surface area (Å²) in [5, 5.41) is 14.0. The number of hydrogen-bond donors (Lipinski definition) is 2. The number of unbranched alkanes of at least 4 members (excludes halogenated alkanes) is 1. The first-order valence-corrected chi connectivity index (χ1v) is 9.38. The second-order valence-electron chi connectivity index (χ2n) is 6.58. The third kappa shape index (κ3) is 5.14. The molecule has 2 N–H and O–H groups in total. The van der Waals surface area contributed by atoms with Crippen LogP contribution in [0.25, 0.3) is 10.9 Å². The highest BCUT2D eigenvalue weighted by molar-refractivity contribution is 5.78. The van der Waals surface area contributed by atoms with E-state index in [2.05, 4.69) is 27.2 Å². The topological polar surface area (TPSA) is 80.2 Å². The van der Waals surface area contributed by atoms with E-state index in [4.69, 9.17) is 4.74 Å². The van der Waals surface area contributed by atoms with Gasteiger partial charge in [0.25, 0.3) is 0 Å². The molecule has 0 spiro atoms. The van der Waals surface area contributed by atoms with Crippen LogP contribution in [0.2, 0.25) is 0 Å². The Hall–Kier alpha value is -2.73. The Labute approximate surface area is 159 Å². The number of anilines is 1. The molecule has 0 aliphatic carbocycles. The van der Waals surface area contributed by atoms with Crippen molar-refractivity contribution in [3.05, 3.63) is 54.1 Å². The molecule has 3 aromatic rings. The zero-order valence-electron chi connectivity index (χ0n) is 15.9. The lowest BCUT2D eigenvalue weighted by atomic mass is 10.1. The summed E-state index contributed by atoms with van der Waals surface area (Å²) in [6.45, 7) is 4.34. The number of pyridine rings is 1. The molecule has 27 heavy (non-hydrogen) atoms. The van der Waals surface area contributed by atoms with Gasteiger partial charge in [-0.2, -0.15) is 0 Å². The van der Waals surface area contributed by atoms with Crippen LogP contribution in [0.4, 0.5) is 5.82 Å². The molecule has 6 nitrogen and oxygen atoms in total. The molecule has 0 saturated heterocycles. The lowest BCUT2D eigenvalue weighted by Crippen LogP contribution is -2.25. The summed E-state index contributed by atoms with van der Waals surface area (Å²) < 4.78 is 5.95. The number of hydrogen-bond acceptors (Lipinski definition) is 6. The number of ether oxygens (including phenoxy) is 1. The van der Waals surface area contributed by atoms with E-state index in [1.165, 1.54) is 0 Å². The van der Waals surface area contributed by atoms with Crippen LogP contribution >= 0.6 is 0 Å². The van der Waals surface area contributed by atoms with Gasteiger partial charge in [-0.3, -0.25) is 0 Å². The molecule has 142 valence electrons. The number of aliphatic hydroxyl groups is 1. The number of aryl methyl sites for hydroxylation is 1. The Morgan fingerprint density at radius 2 is 2.00 bits per heavy atom. The second kappa shape index (κ2) is 9.28. The monoisotopic (exact) mass is 366 g/mol. The Kier molecular flexibility index (Phi) is 6.54. The molecule has 0 radical (unpaired) electrons. The van der Waals surface area contributed by atoms with Crippen LogP contribution in [0.15, 0.2) is 42.6 Å². The van der Waals surface area contributed by atoms with Crippen LogP contribution in [-0.4, -0.2) is 32.7 Å². The van der Waals surface area contributed by atoms with Gasteiger partial charge in [-0.05, 0) is 25.5 Å². The molecule has 0 bridgehead atoms. The maximum Gasteiger partial charge on any atom is 0.180 e. The zero-order valence-corrected chi connectivity index (χ0v) is 15.9. The molecule has 3 rings (SSSR count). The quantitative estimate of drug-likeness (QED) is 0.598. The van der Waals surface area contributed by atoms with Crippen molar-refractivity contribution in [1.82, 2.24) is 15.0 Å². The SMILES string of the molecule is CCCC[C@@H](CO)Nc1nc(C)ncc1OCc1ccc2ccccc2n1. The van der Waals surface area contributed by atoms with E-state index in [-0.39, 0.29) is 12.6 Å². The van der Waals surface area contributed by atoms with Crippen molar-refractivity contribution in [1.29, 1.82) is 0 Å². The highest BCUT2D eigenvalue weighted by Crippen LogP contribution is 2.24. The van der Waals surface area contributed by atoms with Crippen molar-refractivity contribution < 1.29 is 9.84 Å². The Morgan fingerprint density at radius 3 is 2.81 bits per heavy atom. The third-order valence-corrected chi connectivity index (χ3v) is 4.37. The molecular formula is C21H26N4O2. The van der Waals surface area contributed by atoms with Gasteiger partial charge >= 0.3 is 0 Å². The summed E-state index contributed by atoms with van der Waals surface area (Å²) in [4.78, 5) is 13.3. The normalized spacial score (nSPS) is 12.1. The summed E-state index contributed by atoms with van der Waals surface area (Å²) in [7, 11) is 0. The Balaban J connectivity index is 1.73. The fourth-order valence-electron chi connectivity index (χ4n) is 2.86. The minimum atomic E-state index is -0.0552. The van der Waals surface area contributed by atoms with E-state index in [0.717, 1.165) is 35.9 Å². The summed E-state index contributed by atoms with van der Waals surface area (Å²) in [5.74, 6) is 1.82. The Bertz CT molecular complexity index is 885. The third-order valence-electron chi connectivity index (χ3n) is 4.37. The zero-order chi connectivity index (χ0) is 19.1. The van der Waals surface area contributed by atoms with E-state index in [9.17, 15) is 5.11 Å². The first-order valence-electron chi connectivity index (χ1n) is 9.38. The van der Waals surface area contributed by atoms with Crippen molar-refractivity contribution >= 4 is 16.7 Å². The van der Waals surface area contributed by atoms with E-state index in [1.54, 1.807) is 6.20 Å². The molecule has 6 heteroatoms. The average Bonchev–Trinajstić information content (AvgIpc) is 2.70. The molecule has 0 unspecified atom stereocenters. The molecule has 0 fully saturated rings. The van der Waals surface area contributed by atoms with Crippen LogP contribution in [0.5, 0.6) is 5.75 Å². The smallest absolute Gasteiger partial charge is 0.180 e. The van der Waals surface area contributed by atoms with Gasteiger partial charge in [-0.25, -0.2) is 15.0 Å². The number of benzene rings is 1. The van der Waals surface area contributed by atoms with Gasteiger partial charge in [0.15, 0.2) is 11.6 Å². The summed E-state index contributed by atoms with van der Waals surface area (Å²) >= 11 is 0. The largest absolute Gasteiger partial charge is 0.482 e. The van der Waals surface area contributed by atoms with E-state index in [1.807, 2.05) is 43.3 Å². The van der Waals surface area contributed by atoms with Crippen molar-refractivity contribution in [2.75, 3.05) is 11.9 Å². The van der Waals surface area contributed by atoms with Crippen LogP contribution < -0.4 is 10.1 Å². The van der Waals surface area contributed by atoms with Crippen LogP contribution in [0.3, 0.4) is 0 Å². The molecule has 0 aliphatic rings. The van der Waals surface area contributed by atoms with Gasteiger partial charge in [-0.15, -0.1) is 0 Å². The van der Waals surface area contributed by atoms with Gasteiger partial charge in [0, 0.05) is 5.39 Å². The maximum absolute atomic E-state index is 9.63. The van der Waals surface area contributed by atoms with Gasteiger partial charge in [-0.1, -0.05) is 44.0 Å². The van der Waals surface area contributed by atoms with E-state index < -0.39 is 0 Å². The predicted molar refractivity (Wildman–Crippen MR) is 107 cm³/mol. The number of para-hydroxylation sites is 1. The fourth-order valence-corrected chi connectivity index (χ4v) is 2.86. The van der Waals surface area contributed by atoms with Gasteiger partial charge in [0.1, 0.15) is 12.4 Å². The summed E-state index contributed by atoms with van der Waals surface area (Å²) in [5.41, 5.74) is 1.78. The molecule has 1 atom stereocenters. The van der Waals surface area contributed by atoms with Crippen molar-refractivity contribution in [2.45, 2.75) is 45.8 Å². The fraction of sp³-hybridized carbons (Fsp3) is 0.381. The Morgan fingerprint density at radius 1 is 1.15 bits per heavy atom. The van der Waals surface area contributed by atoms with Crippen molar-refractivity contribution in [3.8, 4) is 5.75 Å². The molecule has 0 aliphatic heterocycles. The number of aliphatic hydroxyl groups excluding tert-OH is 1. The summed E-state index contributed by atoms with van der Waals surface area (Å²) in [6.07, 6.45) is 4.67. The maximum atomic E-state index is 9.63. The highest BCUT2D eigenvalue weighted by atomic mass is 16.5. The standard InChI is InChI=1S/C21H26N4O2/c1-3-4-8-17(13-26)25-21-20(12-22-15(2)23-21)27-14-18-11-10-16-7-5-6-9-19(16)24-18/h5-7,9-12,17,26H,3-4,8,13-14H2,1-2H3,(H,22,23,25)/t17-/m0/s1. The molecule has 0 amide bonds. The molecule has 2 heterocycles. The molecule has 0 saturated carbocycles.